The molecule has 116 valence electrons. The van der Waals surface area contributed by atoms with Gasteiger partial charge in [0.1, 0.15) is 11.7 Å². The van der Waals surface area contributed by atoms with Crippen LogP contribution < -0.4 is 5.73 Å². The molecule has 1 aliphatic rings. The summed E-state index contributed by atoms with van der Waals surface area (Å²) in [6, 6.07) is 5.72. The van der Waals surface area contributed by atoms with E-state index in [1.165, 1.54) is 0 Å². The van der Waals surface area contributed by atoms with Gasteiger partial charge >= 0.3 is 0 Å². The molecule has 0 spiro atoms. The molecule has 1 aromatic carbocycles. The van der Waals surface area contributed by atoms with Crippen molar-refractivity contribution in [3.8, 4) is 0 Å². The van der Waals surface area contributed by atoms with Gasteiger partial charge in [-0.1, -0.05) is 19.1 Å². The molecule has 1 aliphatic heterocycles. The number of halogens is 1. The highest BCUT2D eigenvalue weighted by Crippen LogP contribution is 2.17. The molecule has 1 atom stereocenters. The number of amidine groups is 1. The van der Waals surface area contributed by atoms with E-state index in [-0.39, 0.29) is 17.2 Å². The van der Waals surface area contributed by atoms with Crippen LogP contribution in [0.5, 0.6) is 0 Å². The van der Waals surface area contributed by atoms with Gasteiger partial charge in [-0.05, 0) is 19.4 Å². The highest BCUT2D eigenvalue weighted by molar-refractivity contribution is 5.95. The summed E-state index contributed by atoms with van der Waals surface area (Å²) in [5.74, 6) is -0.565. The molecule has 0 aromatic heterocycles. The highest BCUT2D eigenvalue weighted by Gasteiger charge is 2.21. The molecule has 0 radical (unpaired) electrons. The fraction of sp³-hybridized carbons (Fsp3) is 0.562. The zero-order chi connectivity index (χ0) is 15.4. The first kappa shape index (κ1) is 15.9. The second kappa shape index (κ2) is 7.00. The molecule has 1 unspecified atom stereocenters. The van der Waals surface area contributed by atoms with Crippen molar-refractivity contribution >= 4 is 5.84 Å². The maximum Gasteiger partial charge on any atom is 0.138 e. The summed E-state index contributed by atoms with van der Waals surface area (Å²) in [5.41, 5.74) is 6.23. The summed E-state index contributed by atoms with van der Waals surface area (Å²) in [5, 5.41) is 7.40. The van der Waals surface area contributed by atoms with Crippen LogP contribution in [0.4, 0.5) is 4.39 Å². The van der Waals surface area contributed by atoms with Gasteiger partial charge in [-0.3, -0.25) is 15.2 Å². The molecular formula is C16H25FN4. The fourth-order valence-corrected chi connectivity index (χ4v) is 2.77. The third-order valence-corrected chi connectivity index (χ3v) is 4.38. The van der Waals surface area contributed by atoms with Crippen LogP contribution in [0, 0.1) is 11.2 Å². The van der Waals surface area contributed by atoms with Gasteiger partial charge in [-0.2, -0.15) is 0 Å². The normalized spacial score (nSPS) is 18.6. The molecule has 0 saturated carbocycles. The Morgan fingerprint density at radius 3 is 2.57 bits per heavy atom. The molecule has 1 saturated heterocycles. The summed E-state index contributed by atoms with van der Waals surface area (Å²) in [4.78, 5) is 4.75. The predicted molar refractivity (Wildman–Crippen MR) is 84.0 cm³/mol. The Kier molecular flexibility index (Phi) is 5.31. The molecule has 0 amide bonds. The van der Waals surface area contributed by atoms with E-state index in [0.717, 1.165) is 32.6 Å². The van der Waals surface area contributed by atoms with E-state index in [4.69, 9.17) is 11.1 Å². The van der Waals surface area contributed by atoms with Crippen LogP contribution in [0.1, 0.15) is 31.4 Å². The van der Waals surface area contributed by atoms with Crippen molar-refractivity contribution in [2.24, 2.45) is 5.73 Å². The minimum Gasteiger partial charge on any atom is -0.384 e. The molecule has 2 rings (SSSR count). The topological polar surface area (TPSA) is 56.4 Å². The minimum absolute atomic E-state index is 0.200. The van der Waals surface area contributed by atoms with Crippen molar-refractivity contribution in [1.82, 2.24) is 9.80 Å². The Bertz CT molecular complexity index is 495. The zero-order valence-electron chi connectivity index (χ0n) is 12.9. The van der Waals surface area contributed by atoms with Crippen LogP contribution in [0.2, 0.25) is 0 Å². The summed E-state index contributed by atoms with van der Waals surface area (Å²) >= 11 is 0. The largest absolute Gasteiger partial charge is 0.384 e. The Labute approximate surface area is 126 Å². The molecule has 0 aliphatic carbocycles. The first-order valence-electron chi connectivity index (χ1n) is 7.61. The quantitative estimate of drug-likeness (QED) is 0.645. The first-order chi connectivity index (χ1) is 10.0. The number of piperazine rings is 1. The first-order valence-corrected chi connectivity index (χ1v) is 7.61. The second-order valence-electron chi connectivity index (χ2n) is 5.76. The van der Waals surface area contributed by atoms with E-state index >= 15 is 0 Å². The third-order valence-electron chi connectivity index (χ3n) is 4.38. The van der Waals surface area contributed by atoms with Gasteiger partial charge in [0.05, 0.1) is 5.56 Å². The summed E-state index contributed by atoms with van der Waals surface area (Å²) < 4.78 is 14.3. The number of nitrogens with zero attached hydrogens (tertiary/aromatic N) is 2. The van der Waals surface area contributed by atoms with Gasteiger partial charge in [-0.25, -0.2) is 4.39 Å². The van der Waals surface area contributed by atoms with Crippen molar-refractivity contribution in [1.29, 1.82) is 5.41 Å². The van der Waals surface area contributed by atoms with E-state index in [2.05, 4.69) is 23.6 Å². The lowest BCUT2D eigenvalue weighted by Gasteiger charge is -2.37. The van der Waals surface area contributed by atoms with E-state index in [1.807, 2.05) is 0 Å². The summed E-state index contributed by atoms with van der Waals surface area (Å²) in [6.07, 6.45) is 1.16. The maximum absolute atomic E-state index is 14.3. The van der Waals surface area contributed by atoms with Crippen molar-refractivity contribution in [2.45, 2.75) is 32.9 Å². The van der Waals surface area contributed by atoms with Crippen LogP contribution >= 0.6 is 0 Å². The number of nitrogen functional groups attached to an aromatic ring is 1. The Morgan fingerprint density at radius 2 is 2.00 bits per heavy atom. The molecular weight excluding hydrogens is 267 g/mol. The fourth-order valence-electron chi connectivity index (χ4n) is 2.77. The van der Waals surface area contributed by atoms with Gasteiger partial charge in [-0.15, -0.1) is 0 Å². The van der Waals surface area contributed by atoms with Crippen LogP contribution in [0.3, 0.4) is 0 Å². The number of nitrogens with one attached hydrogen (secondary N) is 1. The minimum atomic E-state index is -0.352. The van der Waals surface area contributed by atoms with E-state index in [9.17, 15) is 4.39 Å². The number of hydrogen-bond donors (Lipinski definition) is 2. The Balaban J connectivity index is 1.98. The molecule has 0 bridgehead atoms. The molecule has 3 N–H and O–H groups in total. The number of nitrogens with two attached hydrogens (primary N) is 1. The third kappa shape index (κ3) is 3.80. The van der Waals surface area contributed by atoms with Crippen LogP contribution in [0.15, 0.2) is 18.2 Å². The number of hydrogen-bond acceptors (Lipinski definition) is 3. The Morgan fingerprint density at radius 1 is 1.33 bits per heavy atom. The predicted octanol–water partition coefficient (Wildman–Crippen LogP) is 2.03. The summed E-state index contributed by atoms with van der Waals surface area (Å²) in [7, 11) is 0. The van der Waals surface area contributed by atoms with E-state index < -0.39 is 0 Å². The number of rotatable bonds is 5. The van der Waals surface area contributed by atoms with Crippen LogP contribution in [-0.4, -0.2) is 47.9 Å². The van der Waals surface area contributed by atoms with E-state index in [1.54, 1.807) is 18.2 Å². The maximum atomic E-state index is 14.3. The highest BCUT2D eigenvalue weighted by atomic mass is 19.1. The van der Waals surface area contributed by atoms with Crippen LogP contribution in [0.25, 0.3) is 0 Å². The van der Waals surface area contributed by atoms with Crippen molar-refractivity contribution in [3.05, 3.63) is 35.1 Å². The molecule has 1 fully saturated rings. The molecule has 1 aromatic rings. The smallest absolute Gasteiger partial charge is 0.138 e. The number of benzene rings is 1. The lowest BCUT2D eigenvalue weighted by molar-refractivity contribution is 0.0956. The average Bonchev–Trinajstić information content (AvgIpc) is 2.49. The van der Waals surface area contributed by atoms with Crippen molar-refractivity contribution in [2.75, 3.05) is 26.2 Å². The van der Waals surface area contributed by atoms with Gasteiger partial charge in [0.2, 0.25) is 0 Å². The molecule has 4 nitrogen and oxygen atoms in total. The summed E-state index contributed by atoms with van der Waals surface area (Å²) in [6.45, 7) is 9.01. The van der Waals surface area contributed by atoms with Crippen molar-refractivity contribution in [3.63, 3.8) is 0 Å². The molecule has 1 heterocycles. The van der Waals surface area contributed by atoms with Gasteiger partial charge in [0.25, 0.3) is 0 Å². The molecule has 21 heavy (non-hydrogen) atoms. The second-order valence-corrected chi connectivity index (χ2v) is 5.76. The van der Waals surface area contributed by atoms with Crippen LogP contribution in [-0.2, 0) is 6.54 Å². The van der Waals surface area contributed by atoms with Gasteiger partial charge in [0, 0.05) is 44.3 Å². The standard InChI is InChI=1S/C16H25FN4/c1-3-12(2)21-9-7-20(8-10-21)11-13-5-4-6-14(15(13)17)16(18)19/h4-6,12H,3,7-11H2,1-2H3,(H3,18,19). The van der Waals surface area contributed by atoms with Gasteiger partial charge in [0.15, 0.2) is 0 Å². The zero-order valence-corrected chi connectivity index (χ0v) is 12.9. The molecule has 5 heteroatoms. The lowest BCUT2D eigenvalue weighted by atomic mass is 10.1. The van der Waals surface area contributed by atoms with Gasteiger partial charge < -0.3 is 5.73 Å². The monoisotopic (exact) mass is 292 g/mol. The average molecular weight is 292 g/mol. The SMILES string of the molecule is CCC(C)N1CCN(Cc2cccc(C(=N)N)c2F)CC1. The van der Waals surface area contributed by atoms with Crippen molar-refractivity contribution < 1.29 is 4.39 Å². The lowest BCUT2D eigenvalue weighted by Crippen LogP contribution is -2.49. The van der Waals surface area contributed by atoms with E-state index in [0.29, 0.717) is 18.2 Å². The Hall–Kier alpha value is -1.46.